The van der Waals surface area contributed by atoms with Gasteiger partial charge in [-0.1, -0.05) is 19.1 Å². The minimum Gasteiger partial charge on any atom is -0.478 e. The van der Waals surface area contributed by atoms with Crippen LogP contribution in [0.4, 0.5) is 0 Å². The van der Waals surface area contributed by atoms with Gasteiger partial charge >= 0.3 is 5.97 Å². The van der Waals surface area contributed by atoms with E-state index < -0.39 is 5.97 Å². The van der Waals surface area contributed by atoms with Crippen LogP contribution in [0.2, 0.25) is 0 Å². The monoisotopic (exact) mass is 316 g/mol. The Bertz CT molecular complexity index is 749. The molecule has 1 aromatic heterocycles. The van der Waals surface area contributed by atoms with Gasteiger partial charge in [0.05, 0.1) is 17.7 Å². The van der Waals surface area contributed by atoms with E-state index in [4.69, 9.17) is 4.74 Å². The number of aromatic nitrogens is 1. The zero-order valence-electron chi connectivity index (χ0n) is 14.1. The number of hydrogen-bond donors (Lipinski definition) is 1. The summed E-state index contributed by atoms with van der Waals surface area (Å²) in [6.45, 7) is 8.25. The Morgan fingerprint density at radius 2 is 2.17 bits per heavy atom. The predicted molar refractivity (Wildman–Crippen MR) is 90.2 cm³/mol. The maximum Gasteiger partial charge on any atom is 0.338 e. The summed E-state index contributed by atoms with van der Waals surface area (Å²) >= 11 is 0. The topological polar surface area (TPSA) is 54.7 Å². The molecule has 0 amide bonds. The molecule has 0 aliphatic carbocycles. The number of benzene rings is 1. The second-order valence-electron chi connectivity index (χ2n) is 6.15. The van der Waals surface area contributed by atoms with Gasteiger partial charge in [-0.05, 0) is 24.6 Å². The number of fused-ring (bicyclic) bond motifs is 3. The summed E-state index contributed by atoms with van der Waals surface area (Å²) in [7, 11) is 1.68. The van der Waals surface area contributed by atoms with Gasteiger partial charge in [0.1, 0.15) is 0 Å². The van der Waals surface area contributed by atoms with E-state index in [0.29, 0.717) is 18.7 Å². The first-order chi connectivity index (χ1) is 11.1. The van der Waals surface area contributed by atoms with Crippen LogP contribution in [-0.2, 0) is 24.2 Å². The van der Waals surface area contributed by atoms with Crippen LogP contribution in [0.15, 0.2) is 12.1 Å². The number of methoxy groups -OCH3 is 1. The quantitative estimate of drug-likeness (QED) is 0.921. The van der Waals surface area contributed by atoms with E-state index in [9.17, 15) is 9.90 Å². The average molecular weight is 316 g/mol. The molecule has 3 rings (SSSR count). The average Bonchev–Trinajstić information content (AvgIpc) is 2.85. The standard InChI is InChI=1S/C18H24N2O3/c1-4-19-8-7-15-14(11-19)13-6-5-12(2)16(18(21)22)17(13)20(15)9-10-23-3/h5-6H,4,7-11H2,1-3H3,(H,21,22). The van der Waals surface area contributed by atoms with Crippen molar-refractivity contribution in [1.29, 1.82) is 0 Å². The molecule has 5 heteroatoms. The van der Waals surface area contributed by atoms with E-state index in [1.807, 2.05) is 13.0 Å². The molecule has 23 heavy (non-hydrogen) atoms. The Kier molecular flexibility index (Phi) is 4.41. The third-order valence-corrected chi connectivity index (χ3v) is 4.88. The van der Waals surface area contributed by atoms with Crippen molar-refractivity contribution in [2.75, 3.05) is 26.8 Å². The Morgan fingerprint density at radius 3 is 2.83 bits per heavy atom. The molecule has 2 heterocycles. The minimum atomic E-state index is -0.853. The molecule has 0 atom stereocenters. The number of ether oxygens (including phenoxy) is 1. The van der Waals surface area contributed by atoms with Crippen LogP contribution >= 0.6 is 0 Å². The molecule has 5 nitrogen and oxygen atoms in total. The molecule has 1 N–H and O–H groups in total. The summed E-state index contributed by atoms with van der Waals surface area (Å²) < 4.78 is 7.43. The van der Waals surface area contributed by atoms with Crippen molar-refractivity contribution in [3.05, 3.63) is 34.5 Å². The van der Waals surface area contributed by atoms with E-state index in [1.54, 1.807) is 7.11 Å². The lowest BCUT2D eigenvalue weighted by molar-refractivity contribution is 0.0697. The molecule has 0 fully saturated rings. The Morgan fingerprint density at radius 1 is 1.39 bits per heavy atom. The Hall–Kier alpha value is -1.85. The van der Waals surface area contributed by atoms with Gasteiger partial charge in [0.25, 0.3) is 0 Å². The number of rotatable bonds is 5. The second-order valence-corrected chi connectivity index (χ2v) is 6.15. The molecule has 124 valence electrons. The van der Waals surface area contributed by atoms with Crippen LogP contribution in [0.3, 0.4) is 0 Å². The van der Waals surface area contributed by atoms with Gasteiger partial charge < -0.3 is 14.4 Å². The van der Waals surface area contributed by atoms with Crippen LogP contribution in [0.25, 0.3) is 10.9 Å². The Balaban J connectivity index is 2.28. The molecular weight excluding hydrogens is 292 g/mol. The number of nitrogens with zero attached hydrogens (tertiary/aromatic N) is 2. The lowest BCUT2D eigenvalue weighted by atomic mass is 10.0. The maximum absolute atomic E-state index is 11.8. The number of carboxylic acid groups (broad SMARTS) is 1. The highest BCUT2D eigenvalue weighted by Gasteiger charge is 2.26. The van der Waals surface area contributed by atoms with Crippen LogP contribution in [-0.4, -0.2) is 47.3 Å². The van der Waals surface area contributed by atoms with Crippen LogP contribution < -0.4 is 0 Å². The molecule has 0 saturated carbocycles. The normalized spacial score (nSPS) is 15.1. The van der Waals surface area contributed by atoms with Gasteiger partial charge in [-0.3, -0.25) is 4.90 Å². The fourth-order valence-electron chi connectivity index (χ4n) is 3.67. The zero-order chi connectivity index (χ0) is 16.6. The van der Waals surface area contributed by atoms with Gasteiger partial charge in [0, 0.05) is 44.2 Å². The molecule has 0 unspecified atom stereocenters. The third-order valence-electron chi connectivity index (χ3n) is 4.88. The lowest BCUT2D eigenvalue weighted by Crippen LogP contribution is -2.31. The van der Waals surface area contributed by atoms with Crippen LogP contribution in [0.5, 0.6) is 0 Å². The summed E-state index contributed by atoms with van der Waals surface area (Å²) in [5.41, 5.74) is 4.65. The van der Waals surface area contributed by atoms with Crippen LogP contribution in [0.1, 0.15) is 34.1 Å². The van der Waals surface area contributed by atoms with E-state index >= 15 is 0 Å². The van der Waals surface area contributed by atoms with E-state index in [1.165, 1.54) is 11.3 Å². The zero-order valence-corrected chi connectivity index (χ0v) is 14.1. The molecule has 1 aliphatic heterocycles. The SMILES string of the molecule is CCN1CCc2c(c3ccc(C)c(C(=O)O)c3n2CCOC)C1. The fraction of sp³-hybridized carbons (Fsp3) is 0.500. The van der Waals surface area contributed by atoms with Crippen molar-refractivity contribution in [2.24, 2.45) is 0 Å². The first kappa shape index (κ1) is 16.0. The van der Waals surface area contributed by atoms with E-state index in [2.05, 4.69) is 22.5 Å². The van der Waals surface area contributed by atoms with Crippen molar-refractivity contribution in [3.8, 4) is 0 Å². The number of aromatic carboxylic acids is 1. The smallest absolute Gasteiger partial charge is 0.338 e. The largest absolute Gasteiger partial charge is 0.478 e. The van der Waals surface area contributed by atoms with Crippen molar-refractivity contribution in [1.82, 2.24) is 9.47 Å². The summed E-state index contributed by atoms with van der Waals surface area (Å²) in [6.07, 6.45) is 0.958. The highest BCUT2D eigenvalue weighted by atomic mass is 16.5. The van der Waals surface area contributed by atoms with Gasteiger partial charge in [-0.15, -0.1) is 0 Å². The lowest BCUT2D eigenvalue weighted by Gasteiger charge is -2.26. The van der Waals surface area contributed by atoms with Gasteiger partial charge in [-0.25, -0.2) is 4.79 Å². The number of hydrogen-bond acceptors (Lipinski definition) is 3. The molecule has 0 radical (unpaired) electrons. The molecule has 0 saturated heterocycles. The predicted octanol–water partition coefficient (Wildman–Crippen LogP) is 2.67. The summed E-state index contributed by atoms with van der Waals surface area (Å²) in [6, 6.07) is 4.01. The number of carbonyl (C=O) groups is 1. The molecular formula is C18H24N2O3. The molecule has 2 aromatic rings. The van der Waals surface area contributed by atoms with Crippen molar-refractivity contribution in [3.63, 3.8) is 0 Å². The third kappa shape index (κ3) is 2.64. The summed E-state index contributed by atoms with van der Waals surface area (Å²) in [4.78, 5) is 14.2. The highest BCUT2D eigenvalue weighted by Crippen LogP contribution is 2.34. The number of carboxylic acids is 1. The first-order valence-electron chi connectivity index (χ1n) is 8.16. The molecule has 1 aliphatic rings. The van der Waals surface area contributed by atoms with E-state index in [-0.39, 0.29) is 0 Å². The first-order valence-corrected chi connectivity index (χ1v) is 8.16. The highest BCUT2D eigenvalue weighted by molar-refractivity contribution is 6.05. The maximum atomic E-state index is 11.8. The molecule has 0 spiro atoms. The molecule has 1 aromatic carbocycles. The number of likely N-dealkylation sites (N-methyl/N-ethyl adjacent to an activating group) is 1. The van der Waals surface area contributed by atoms with Gasteiger partial charge in [0.2, 0.25) is 0 Å². The van der Waals surface area contributed by atoms with Crippen molar-refractivity contribution in [2.45, 2.75) is 33.4 Å². The van der Waals surface area contributed by atoms with Crippen molar-refractivity contribution < 1.29 is 14.6 Å². The molecule has 0 bridgehead atoms. The number of aryl methyl sites for hydroxylation is 1. The summed E-state index contributed by atoms with van der Waals surface area (Å²) in [5, 5.41) is 10.8. The van der Waals surface area contributed by atoms with Crippen LogP contribution in [0, 0.1) is 6.92 Å². The fourth-order valence-corrected chi connectivity index (χ4v) is 3.67. The second kappa shape index (κ2) is 6.34. The van der Waals surface area contributed by atoms with Crippen molar-refractivity contribution >= 4 is 16.9 Å². The minimum absolute atomic E-state index is 0.427. The van der Waals surface area contributed by atoms with Gasteiger partial charge in [0.15, 0.2) is 0 Å². The van der Waals surface area contributed by atoms with E-state index in [0.717, 1.165) is 42.5 Å². The van der Waals surface area contributed by atoms with Gasteiger partial charge in [-0.2, -0.15) is 0 Å². The Labute approximate surface area is 136 Å². The summed E-state index contributed by atoms with van der Waals surface area (Å²) in [5.74, 6) is -0.853.